The second-order valence-corrected chi connectivity index (χ2v) is 13.9. The highest BCUT2D eigenvalue weighted by Crippen LogP contribution is 2.33. The molecule has 2 amide bonds. The molecule has 0 bridgehead atoms. The van der Waals surface area contributed by atoms with Gasteiger partial charge in [-0.25, -0.2) is 36.2 Å². The summed E-state index contributed by atoms with van der Waals surface area (Å²) in [6.45, 7) is 8.64. The van der Waals surface area contributed by atoms with Gasteiger partial charge in [0.1, 0.15) is 28.7 Å². The fourth-order valence-electron chi connectivity index (χ4n) is 3.61. The number of hydrogen-bond acceptors (Lipinski definition) is 8. The molecule has 0 spiro atoms. The summed E-state index contributed by atoms with van der Waals surface area (Å²) in [5.41, 5.74) is -0.932. The smallest absolute Gasteiger partial charge is 0.430 e. The molecular weight excluding hydrogens is 663 g/mol. The molecule has 42 heavy (non-hydrogen) atoms. The maximum absolute atomic E-state index is 15.7. The van der Waals surface area contributed by atoms with Gasteiger partial charge in [0.2, 0.25) is 0 Å². The number of rotatable bonds is 7. The molecule has 228 valence electrons. The van der Waals surface area contributed by atoms with Gasteiger partial charge in [-0.2, -0.15) is 0 Å². The van der Waals surface area contributed by atoms with Crippen LogP contribution in [0.3, 0.4) is 0 Å². The zero-order valence-electron chi connectivity index (χ0n) is 23.6. The molecule has 3 rings (SSSR count). The lowest BCUT2D eigenvalue weighted by Gasteiger charge is -2.29. The van der Waals surface area contributed by atoms with E-state index in [9.17, 15) is 22.4 Å². The van der Waals surface area contributed by atoms with Gasteiger partial charge in [0, 0.05) is 16.3 Å². The number of nitrogens with zero attached hydrogens (tertiary/aromatic N) is 3. The van der Waals surface area contributed by atoms with Crippen LogP contribution in [0.1, 0.15) is 52.7 Å². The van der Waals surface area contributed by atoms with Crippen molar-refractivity contribution in [3.63, 3.8) is 0 Å². The fourth-order valence-corrected chi connectivity index (χ4v) is 6.09. The molecule has 0 fully saturated rings. The van der Waals surface area contributed by atoms with E-state index in [4.69, 9.17) is 9.47 Å². The number of sulfonamides is 1. The second kappa shape index (κ2) is 12.6. The van der Waals surface area contributed by atoms with Crippen LogP contribution < -0.4 is 9.21 Å². The van der Waals surface area contributed by atoms with E-state index in [2.05, 4.69) is 20.9 Å². The van der Waals surface area contributed by atoms with Gasteiger partial charge in [-0.05, 0) is 65.3 Å². The number of ether oxygens (including phenoxy) is 2. The van der Waals surface area contributed by atoms with Crippen LogP contribution in [0, 0.1) is 17.5 Å². The molecule has 0 atom stereocenters. The molecule has 1 aromatic heterocycles. The largest absolute Gasteiger partial charge is 0.443 e. The second-order valence-electron chi connectivity index (χ2n) is 10.9. The molecule has 1 heterocycles. The Balaban J connectivity index is 2.16. The first-order valence-electron chi connectivity index (χ1n) is 12.3. The molecule has 0 aliphatic heterocycles. The minimum absolute atomic E-state index is 0.0392. The number of benzene rings is 2. The highest BCUT2D eigenvalue weighted by molar-refractivity contribution is 9.08. The topological polar surface area (TPSA) is 106 Å². The van der Waals surface area contributed by atoms with Crippen LogP contribution in [0.25, 0.3) is 0 Å². The normalized spacial score (nSPS) is 12.1. The Morgan fingerprint density at radius 1 is 0.952 bits per heavy atom. The van der Waals surface area contributed by atoms with Gasteiger partial charge in [-0.15, -0.1) is 15.6 Å². The molecular formula is C27H29BrF3N3O6S2. The average molecular weight is 693 g/mol. The Kier molecular flexibility index (Phi) is 10.00. The first kappa shape index (κ1) is 33.3. The van der Waals surface area contributed by atoms with Crippen LogP contribution in [0.4, 0.5) is 34.3 Å². The molecule has 0 radical (unpaired) electrons. The van der Waals surface area contributed by atoms with E-state index in [0.717, 1.165) is 22.3 Å². The van der Waals surface area contributed by atoms with Crippen LogP contribution in [0.2, 0.25) is 0 Å². The summed E-state index contributed by atoms with van der Waals surface area (Å²) in [6, 6.07) is 5.40. The maximum atomic E-state index is 15.7. The van der Waals surface area contributed by atoms with E-state index in [0.29, 0.717) is 17.7 Å². The quantitative estimate of drug-likeness (QED) is 0.236. The highest BCUT2D eigenvalue weighted by atomic mass is 79.9. The summed E-state index contributed by atoms with van der Waals surface area (Å²) in [6.07, 6.45) is -2.51. The number of aromatic nitrogens is 1. The van der Waals surface area contributed by atoms with Crippen molar-refractivity contribution in [2.45, 2.75) is 69.5 Å². The molecule has 0 saturated carbocycles. The number of amides is 2. The van der Waals surface area contributed by atoms with Gasteiger partial charge >= 0.3 is 12.2 Å². The minimum atomic E-state index is -5.27. The summed E-state index contributed by atoms with van der Waals surface area (Å²) >= 11 is 4.19. The Hall–Kier alpha value is -3.17. The van der Waals surface area contributed by atoms with Crippen LogP contribution in [0.15, 0.2) is 46.1 Å². The van der Waals surface area contributed by atoms with E-state index >= 15 is 8.78 Å². The van der Waals surface area contributed by atoms with Gasteiger partial charge in [-0.3, -0.25) is 4.90 Å². The van der Waals surface area contributed by atoms with E-state index in [1.54, 1.807) is 26.8 Å². The van der Waals surface area contributed by atoms with Crippen LogP contribution in [-0.4, -0.2) is 36.8 Å². The standard InChI is InChI=1S/C27H29BrF3N3O6S2/c1-26(2,3)39-24(35)33(13-18-16(12-28)8-7-9-19(18)29)17-10-20(30)23(21(31)11-17)42(37,38)34(22-14-41-15-32-22)25(36)40-27(4,5)6/h7-11,14-15H,12-13H2,1-6H3. The zero-order valence-corrected chi connectivity index (χ0v) is 26.8. The number of hydrogen-bond donors (Lipinski definition) is 0. The average Bonchev–Trinajstić information content (AvgIpc) is 3.33. The molecule has 9 nitrogen and oxygen atoms in total. The van der Waals surface area contributed by atoms with Crippen molar-refractivity contribution in [2.24, 2.45) is 0 Å². The van der Waals surface area contributed by atoms with Crippen LogP contribution in [0.5, 0.6) is 0 Å². The lowest BCUT2D eigenvalue weighted by atomic mass is 10.1. The Bertz CT molecular complexity index is 1550. The third-order valence-electron chi connectivity index (χ3n) is 5.27. The van der Waals surface area contributed by atoms with Crippen molar-refractivity contribution in [3.8, 4) is 0 Å². The van der Waals surface area contributed by atoms with E-state index < -0.39 is 73.8 Å². The zero-order chi connectivity index (χ0) is 31.6. The number of carbonyl (C=O) groups is 2. The van der Waals surface area contributed by atoms with Gasteiger partial charge in [0.25, 0.3) is 10.0 Å². The summed E-state index contributed by atoms with van der Waals surface area (Å²) in [5, 5.41) is 1.39. The number of halogens is 4. The van der Waals surface area contributed by atoms with E-state index in [-0.39, 0.29) is 15.2 Å². The third-order valence-corrected chi connectivity index (χ3v) is 8.17. The van der Waals surface area contributed by atoms with Crippen molar-refractivity contribution in [3.05, 3.63) is 69.8 Å². The van der Waals surface area contributed by atoms with Crippen LogP contribution >= 0.6 is 27.3 Å². The summed E-state index contributed by atoms with van der Waals surface area (Å²) < 4.78 is 83.9. The molecule has 0 aliphatic carbocycles. The molecule has 0 unspecified atom stereocenters. The Morgan fingerprint density at radius 3 is 2.02 bits per heavy atom. The van der Waals surface area contributed by atoms with Crippen molar-refractivity contribution >= 4 is 61.0 Å². The number of thiazole rings is 1. The van der Waals surface area contributed by atoms with Crippen molar-refractivity contribution in [1.29, 1.82) is 0 Å². The van der Waals surface area contributed by atoms with Crippen molar-refractivity contribution in [1.82, 2.24) is 4.98 Å². The fraction of sp³-hybridized carbons (Fsp3) is 0.370. The molecule has 0 N–H and O–H groups in total. The molecule has 3 aromatic rings. The summed E-state index contributed by atoms with van der Waals surface area (Å²) in [7, 11) is -5.27. The molecule has 15 heteroatoms. The monoisotopic (exact) mass is 691 g/mol. The lowest BCUT2D eigenvalue weighted by Crippen LogP contribution is -2.42. The number of alkyl halides is 1. The predicted molar refractivity (Wildman–Crippen MR) is 156 cm³/mol. The molecule has 2 aromatic carbocycles. The minimum Gasteiger partial charge on any atom is -0.443 e. The predicted octanol–water partition coefficient (Wildman–Crippen LogP) is 7.53. The molecule has 0 aliphatic rings. The van der Waals surface area contributed by atoms with Gasteiger partial charge in [0.15, 0.2) is 10.7 Å². The van der Waals surface area contributed by atoms with Crippen molar-refractivity contribution in [2.75, 3.05) is 9.21 Å². The van der Waals surface area contributed by atoms with Gasteiger partial charge < -0.3 is 9.47 Å². The SMILES string of the molecule is CC(C)(C)OC(=O)N(Cc1c(F)cccc1CBr)c1cc(F)c(S(=O)(=O)N(C(=O)OC(C)(C)C)c2cscn2)c(F)c1. The first-order chi connectivity index (χ1) is 19.4. The Labute approximate surface area is 254 Å². The summed E-state index contributed by atoms with van der Waals surface area (Å²) in [5.74, 6) is -4.38. The lowest BCUT2D eigenvalue weighted by molar-refractivity contribution is 0.0573. The van der Waals surface area contributed by atoms with E-state index in [1.165, 1.54) is 37.7 Å². The van der Waals surface area contributed by atoms with Gasteiger partial charge in [0.05, 0.1) is 17.7 Å². The van der Waals surface area contributed by atoms with Crippen molar-refractivity contribution < 1.29 is 40.7 Å². The summed E-state index contributed by atoms with van der Waals surface area (Å²) in [4.78, 5) is 29.2. The maximum Gasteiger partial charge on any atom is 0.430 e. The molecule has 0 saturated heterocycles. The third kappa shape index (κ3) is 7.81. The highest BCUT2D eigenvalue weighted by Gasteiger charge is 2.40. The van der Waals surface area contributed by atoms with Gasteiger partial charge in [-0.1, -0.05) is 28.1 Å². The first-order valence-corrected chi connectivity index (χ1v) is 15.8. The van der Waals surface area contributed by atoms with E-state index in [1.807, 2.05) is 0 Å². The Morgan fingerprint density at radius 2 is 1.52 bits per heavy atom. The van der Waals surface area contributed by atoms with Crippen LogP contribution in [-0.2, 0) is 31.4 Å². The number of anilines is 2. The number of carbonyl (C=O) groups excluding carboxylic acids is 2.